The summed E-state index contributed by atoms with van der Waals surface area (Å²) in [5, 5.41) is 1.83. The highest BCUT2D eigenvalue weighted by atomic mass is 32.2. The first-order valence-corrected chi connectivity index (χ1v) is 9.40. The van der Waals surface area contributed by atoms with E-state index in [0.717, 1.165) is 5.56 Å². The molecule has 0 bridgehead atoms. The van der Waals surface area contributed by atoms with Gasteiger partial charge in [0.05, 0.1) is 4.90 Å². The van der Waals surface area contributed by atoms with Crippen molar-refractivity contribution in [3.63, 3.8) is 0 Å². The molecule has 1 N–H and O–H groups in total. The quantitative estimate of drug-likeness (QED) is 0.884. The van der Waals surface area contributed by atoms with Crippen LogP contribution in [-0.2, 0) is 21.9 Å². The number of aromatic nitrogens is 1. The second-order valence-corrected chi connectivity index (χ2v) is 7.83. The van der Waals surface area contributed by atoms with Crippen molar-refractivity contribution in [2.24, 2.45) is 12.0 Å². The van der Waals surface area contributed by atoms with E-state index in [1.165, 1.54) is 11.3 Å². The molecular weight excluding hydrogens is 334 g/mol. The lowest BCUT2D eigenvalue weighted by Gasteiger charge is -2.09. The maximum atomic E-state index is 12.3. The lowest BCUT2D eigenvalue weighted by Crippen LogP contribution is -2.27. The van der Waals surface area contributed by atoms with Gasteiger partial charge in [0, 0.05) is 31.6 Å². The highest BCUT2D eigenvalue weighted by molar-refractivity contribution is 7.89. The molecule has 0 aliphatic heterocycles. The molecule has 0 atom stereocenters. The average Bonchev–Trinajstić information content (AvgIpc) is 2.83. The summed E-state index contributed by atoms with van der Waals surface area (Å²) in [6, 6.07) is 5.13. The van der Waals surface area contributed by atoms with Crippen LogP contribution in [0.3, 0.4) is 0 Å². The zero-order valence-electron chi connectivity index (χ0n) is 13.2. The molecule has 2 rings (SSSR count). The molecule has 124 valence electrons. The van der Waals surface area contributed by atoms with Crippen LogP contribution >= 0.6 is 11.3 Å². The molecule has 1 aromatic heterocycles. The fourth-order valence-corrected chi connectivity index (χ4v) is 4.07. The standard InChI is InChI=1S/C15H19N3O3S2/c1-11-4-5-13(12(2)10-11)23(20,21)16-7-6-14(19)17-15-18(3)8-9-22-15/h4-5,8-10,16H,6-7H2,1-3H3. The topological polar surface area (TPSA) is 80.5 Å². The number of thiazole rings is 1. The van der Waals surface area contributed by atoms with Gasteiger partial charge in [-0.15, -0.1) is 11.3 Å². The van der Waals surface area contributed by atoms with Crippen molar-refractivity contribution in [3.05, 3.63) is 45.7 Å². The van der Waals surface area contributed by atoms with E-state index in [-0.39, 0.29) is 23.8 Å². The molecule has 0 saturated heterocycles. The summed E-state index contributed by atoms with van der Waals surface area (Å²) in [4.78, 5) is 16.6. The van der Waals surface area contributed by atoms with Crippen LogP contribution in [0.15, 0.2) is 39.7 Å². The molecule has 0 saturated carbocycles. The Kier molecular flexibility index (Phi) is 5.51. The summed E-state index contributed by atoms with van der Waals surface area (Å²) >= 11 is 1.35. The van der Waals surface area contributed by atoms with Crippen LogP contribution in [0.1, 0.15) is 17.5 Å². The number of carbonyl (C=O) groups is 1. The predicted octanol–water partition coefficient (Wildman–Crippen LogP) is 1.50. The Morgan fingerprint density at radius 1 is 1.35 bits per heavy atom. The molecule has 1 aromatic carbocycles. The number of carbonyl (C=O) groups excluding carboxylic acids is 1. The minimum atomic E-state index is -3.62. The summed E-state index contributed by atoms with van der Waals surface area (Å²) in [5.41, 5.74) is 1.68. The molecule has 2 aromatic rings. The normalized spacial score (nSPS) is 12.6. The Morgan fingerprint density at radius 2 is 2.09 bits per heavy atom. The van der Waals surface area contributed by atoms with Crippen LogP contribution < -0.4 is 9.52 Å². The third-order valence-corrected chi connectivity index (χ3v) is 5.70. The Bertz CT molecular complexity index is 879. The number of aryl methyl sites for hydroxylation is 3. The smallest absolute Gasteiger partial charge is 0.249 e. The van der Waals surface area contributed by atoms with Crippen LogP contribution in [0.25, 0.3) is 0 Å². The van der Waals surface area contributed by atoms with Crippen molar-refractivity contribution in [2.75, 3.05) is 6.54 Å². The summed E-state index contributed by atoms with van der Waals surface area (Å²) in [6.45, 7) is 3.67. The van der Waals surface area contributed by atoms with Crippen LogP contribution in [-0.4, -0.2) is 25.4 Å². The molecule has 1 amide bonds. The van der Waals surface area contributed by atoms with Gasteiger partial charge in [-0.2, -0.15) is 4.99 Å². The van der Waals surface area contributed by atoms with Gasteiger partial charge in [0.25, 0.3) is 0 Å². The predicted molar refractivity (Wildman–Crippen MR) is 89.6 cm³/mol. The van der Waals surface area contributed by atoms with Crippen molar-refractivity contribution in [1.29, 1.82) is 0 Å². The van der Waals surface area contributed by atoms with Gasteiger partial charge in [0.1, 0.15) is 0 Å². The van der Waals surface area contributed by atoms with E-state index in [1.54, 1.807) is 36.9 Å². The van der Waals surface area contributed by atoms with E-state index >= 15 is 0 Å². The Hall–Kier alpha value is -1.77. The van der Waals surface area contributed by atoms with Crippen molar-refractivity contribution >= 4 is 27.3 Å². The lowest BCUT2D eigenvalue weighted by atomic mass is 10.2. The zero-order valence-corrected chi connectivity index (χ0v) is 14.9. The Balaban J connectivity index is 2.00. The molecule has 0 unspecified atom stereocenters. The van der Waals surface area contributed by atoms with Crippen LogP contribution in [0.5, 0.6) is 0 Å². The summed E-state index contributed by atoms with van der Waals surface area (Å²) in [5.74, 6) is -0.355. The van der Waals surface area contributed by atoms with E-state index in [4.69, 9.17) is 0 Å². The van der Waals surface area contributed by atoms with Crippen molar-refractivity contribution in [3.8, 4) is 0 Å². The fourth-order valence-electron chi connectivity index (χ4n) is 2.07. The highest BCUT2D eigenvalue weighted by Crippen LogP contribution is 2.16. The fraction of sp³-hybridized carbons (Fsp3) is 0.333. The number of rotatable bonds is 5. The molecule has 6 nitrogen and oxygen atoms in total. The minimum Gasteiger partial charge on any atom is -0.327 e. The number of sulfonamides is 1. The van der Waals surface area contributed by atoms with Crippen molar-refractivity contribution < 1.29 is 13.2 Å². The molecular formula is C15H19N3O3S2. The van der Waals surface area contributed by atoms with Gasteiger partial charge >= 0.3 is 0 Å². The summed E-state index contributed by atoms with van der Waals surface area (Å²) in [6.07, 6.45) is 1.82. The average molecular weight is 353 g/mol. The van der Waals surface area contributed by atoms with Gasteiger partial charge in [-0.05, 0) is 25.5 Å². The molecule has 0 radical (unpaired) electrons. The first-order chi connectivity index (χ1) is 10.8. The third-order valence-electron chi connectivity index (χ3n) is 3.23. The van der Waals surface area contributed by atoms with Crippen molar-refractivity contribution in [2.45, 2.75) is 25.2 Å². The number of benzene rings is 1. The monoisotopic (exact) mass is 353 g/mol. The zero-order chi connectivity index (χ0) is 17.0. The van der Waals surface area contributed by atoms with Crippen LogP contribution in [0, 0.1) is 13.8 Å². The largest absolute Gasteiger partial charge is 0.327 e. The molecule has 8 heteroatoms. The molecule has 0 fully saturated rings. The molecule has 0 spiro atoms. The highest BCUT2D eigenvalue weighted by Gasteiger charge is 2.16. The lowest BCUT2D eigenvalue weighted by molar-refractivity contribution is -0.117. The second kappa shape index (κ2) is 7.20. The molecule has 1 heterocycles. The SMILES string of the molecule is Cc1ccc(S(=O)(=O)NCCC(=O)N=c2sccn2C)c(C)c1. The maximum Gasteiger partial charge on any atom is 0.249 e. The number of nitrogens with one attached hydrogen (secondary N) is 1. The number of hydrogen-bond donors (Lipinski definition) is 1. The first-order valence-electron chi connectivity index (χ1n) is 7.04. The number of nitrogens with zero attached hydrogens (tertiary/aromatic N) is 2. The third kappa shape index (κ3) is 4.60. The van der Waals surface area contributed by atoms with E-state index in [1.807, 2.05) is 18.4 Å². The Morgan fingerprint density at radius 3 is 2.70 bits per heavy atom. The van der Waals surface area contributed by atoms with Gasteiger partial charge in [-0.25, -0.2) is 13.1 Å². The first kappa shape index (κ1) is 17.6. The van der Waals surface area contributed by atoms with Gasteiger partial charge in [-0.3, -0.25) is 4.79 Å². The summed E-state index contributed by atoms with van der Waals surface area (Å²) < 4.78 is 28.7. The van der Waals surface area contributed by atoms with Crippen molar-refractivity contribution in [1.82, 2.24) is 9.29 Å². The van der Waals surface area contributed by atoms with E-state index in [0.29, 0.717) is 10.4 Å². The number of hydrogen-bond acceptors (Lipinski definition) is 4. The molecule has 0 aliphatic carbocycles. The van der Waals surface area contributed by atoms with E-state index in [2.05, 4.69) is 9.71 Å². The summed E-state index contributed by atoms with van der Waals surface area (Å²) in [7, 11) is -1.82. The van der Waals surface area contributed by atoms with E-state index in [9.17, 15) is 13.2 Å². The maximum absolute atomic E-state index is 12.3. The van der Waals surface area contributed by atoms with Gasteiger partial charge in [0.2, 0.25) is 15.9 Å². The molecule has 23 heavy (non-hydrogen) atoms. The van der Waals surface area contributed by atoms with Crippen LogP contribution in [0.4, 0.5) is 0 Å². The van der Waals surface area contributed by atoms with Gasteiger partial charge in [0.15, 0.2) is 4.80 Å². The molecule has 0 aliphatic rings. The Labute approximate surface area is 139 Å². The minimum absolute atomic E-state index is 0.0159. The van der Waals surface area contributed by atoms with Gasteiger partial charge in [-0.1, -0.05) is 17.7 Å². The van der Waals surface area contributed by atoms with Crippen LogP contribution in [0.2, 0.25) is 0 Å². The van der Waals surface area contributed by atoms with Gasteiger partial charge < -0.3 is 4.57 Å². The number of amides is 1. The second-order valence-electron chi connectivity index (χ2n) is 5.22. The van der Waals surface area contributed by atoms with E-state index < -0.39 is 10.0 Å².